The molecule has 0 saturated heterocycles. The molecule has 118 valence electrons. The first kappa shape index (κ1) is 16.0. The standard InChI is InChI=1S/C13H17N5O3S/c1-9-5-4-6-11(10(9)2)14-13(19)8-18-7-12(15-17-18)16-22(3,20)21/h4-7,16H,8H2,1-3H3,(H,14,19). The molecular formula is C13H17N5O3S. The van der Waals surface area contributed by atoms with E-state index in [2.05, 4.69) is 20.4 Å². The molecule has 1 aromatic heterocycles. The largest absolute Gasteiger partial charge is 0.324 e. The van der Waals surface area contributed by atoms with Crippen molar-refractivity contribution in [2.45, 2.75) is 20.4 Å². The Morgan fingerprint density at radius 1 is 1.32 bits per heavy atom. The van der Waals surface area contributed by atoms with Gasteiger partial charge in [-0.05, 0) is 31.0 Å². The summed E-state index contributed by atoms with van der Waals surface area (Å²) in [6.45, 7) is 3.83. The van der Waals surface area contributed by atoms with Gasteiger partial charge in [0.2, 0.25) is 15.9 Å². The zero-order valence-corrected chi connectivity index (χ0v) is 13.3. The zero-order chi connectivity index (χ0) is 16.3. The number of rotatable bonds is 5. The topological polar surface area (TPSA) is 106 Å². The molecule has 0 atom stereocenters. The van der Waals surface area contributed by atoms with Crippen molar-refractivity contribution in [2.24, 2.45) is 0 Å². The van der Waals surface area contributed by atoms with Crippen LogP contribution in [0.3, 0.4) is 0 Å². The van der Waals surface area contributed by atoms with E-state index in [1.54, 1.807) is 0 Å². The fourth-order valence-electron chi connectivity index (χ4n) is 1.84. The van der Waals surface area contributed by atoms with Gasteiger partial charge in [0.25, 0.3) is 0 Å². The highest BCUT2D eigenvalue weighted by Crippen LogP contribution is 2.17. The summed E-state index contributed by atoms with van der Waals surface area (Å²) in [6.07, 6.45) is 2.36. The lowest BCUT2D eigenvalue weighted by atomic mass is 10.1. The number of hydrogen-bond donors (Lipinski definition) is 2. The maximum absolute atomic E-state index is 12.0. The molecular weight excluding hydrogens is 306 g/mol. The molecule has 0 aliphatic rings. The average molecular weight is 323 g/mol. The lowest BCUT2D eigenvalue weighted by Crippen LogP contribution is -2.19. The van der Waals surface area contributed by atoms with Crippen LogP contribution >= 0.6 is 0 Å². The monoisotopic (exact) mass is 323 g/mol. The van der Waals surface area contributed by atoms with Crippen LogP contribution in [0.5, 0.6) is 0 Å². The molecule has 1 aromatic carbocycles. The van der Waals surface area contributed by atoms with Crippen molar-refractivity contribution in [3.63, 3.8) is 0 Å². The first-order valence-corrected chi connectivity index (χ1v) is 8.38. The Kier molecular flexibility index (Phi) is 4.45. The summed E-state index contributed by atoms with van der Waals surface area (Å²) in [5.41, 5.74) is 2.81. The second kappa shape index (κ2) is 6.14. The summed E-state index contributed by atoms with van der Waals surface area (Å²) >= 11 is 0. The number of benzene rings is 1. The molecule has 2 N–H and O–H groups in total. The number of carbonyl (C=O) groups excluding carboxylic acids is 1. The molecule has 2 aromatic rings. The van der Waals surface area contributed by atoms with Gasteiger partial charge in [0.1, 0.15) is 6.54 Å². The predicted octanol–water partition coefficient (Wildman–Crippen LogP) is 0.905. The molecule has 9 heteroatoms. The second-order valence-corrected chi connectivity index (χ2v) is 6.72. The molecule has 2 rings (SSSR count). The van der Waals surface area contributed by atoms with Gasteiger partial charge in [-0.15, -0.1) is 5.10 Å². The van der Waals surface area contributed by atoms with Crippen molar-refractivity contribution >= 4 is 27.4 Å². The van der Waals surface area contributed by atoms with Gasteiger partial charge in [0.05, 0.1) is 12.5 Å². The number of nitrogens with one attached hydrogen (secondary N) is 2. The summed E-state index contributed by atoms with van der Waals surface area (Å²) < 4.78 is 25.6. The fraction of sp³-hybridized carbons (Fsp3) is 0.308. The third-order valence-electron chi connectivity index (χ3n) is 3.01. The normalized spacial score (nSPS) is 11.2. The van der Waals surface area contributed by atoms with Gasteiger partial charge in [-0.25, -0.2) is 13.1 Å². The Morgan fingerprint density at radius 2 is 2.05 bits per heavy atom. The number of amides is 1. The zero-order valence-electron chi connectivity index (χ0n) is 12.5. The molecule has 0 bridgehead atoms. The van der Waals surface area contributed by atoms with Crippen LogP contribution in [0.25, 0.3) is 0 Å². The SMILES string of the molecule is Cc1cccc(NC(=O)Cn2cc(NS(C)(=O)=O)nn2)c1C. The molecule has 1 amide bonds. The van der Waals surface area contributed by atoms with E-state index in [1.807, 2.05) is 32.0 Å². The molecule has 0 radical (unpaired) electrons. The Bertz CT molecular complexity index is 798. The average Bonchev–Trinajstić information content (AvgIpc) is 2.79. The highest BCUT2D eigenvalue weighted by atomic mass is 32.2. The van der Waals surface area contributed by atoms with E-state index in [4.69, 9.17) is 0 Å². The van der Waals surface area contributed by atoms with Gasteiger partial charge in [-0.1, -0.05) is 17.3 Å². The molecule has 22 heavy (non-hydrogen) atoms. The van der Waals surface area contributed by atoms with E-state index in [-0.39, 0.29) is 18.3 Å². The van der Waals surface area contributed by atoms with E-state index in [1.165, 1.54) is 10.9 Å². The van der Waals surface area contributed by atoms with E-state index < -0.39 is 10.0 Å². The van der Waals surface area contributed by atoms with Gasteiger partial charge in [-0.2, -0.15) is 0 Å². The van der Waals surface area contributed by atoms with Crippen LogP contribution < -0.4 is 10.0 Å². The summed E-state index contributed by atoms with van der Waals surface area (Å²) in [5, 5.41) is 10.1. The summed E-state index contributed by atoms with van der Waals surface area (Å²) in [4.78, 5) is 12.0. The molecule has 0 aliphatic carbocycles. The molecule has 0 saturated carbocycles. The minimum Gasteiger partial charge on any atom is -0.324 e. The van der Waals surface area contributed by atoms with Crippen LogP contribution in [-0.2, 0) is 21.4 Å². The first-order chi connectivity index (χ1) is 10.2. The van der Waals surface area contributed by atoms with E-state index >= 15 is 0 Å². The first-order valence-electron chi connectivity index (χ1n) is 6.48. The van der Waals surface area contributed by atoms with Gasteiger partial charge in [0, 0.05) is 5.69 Å². The highest BCUT2D eigenvalue weighted by molar-refractivity contribution is 7.92. The van der Waals surface area contributed by atoms with Crippen molar-refractivity contribution in [1.29, 1.82) is 0 Å². The lowest BCUT2D eigenvalue weighted by molar-refractivity contribution is -0.116. The minimum absolute atomic E-state index is 0.0637. The molecule has 0 unspecified atom stereocenters. The van der Waals surface area contributed by atoms with Crippen molar-refractivity contribution in [3.8, 4) is 0 Å². The number of hydrogen-bond acceptors (Lipinski definition) is 5. The number of carbonyl (C=O) groups is 1. The Morgan fingerprint density at radius 3 is 2.73 bits per heavy atom. The summed E-state index contributed by atoms with van der Waals surface area (Å²) in [5.74, 6) is -0.202. The van der Waals surface area contributed by atoms with E-state index in [9.17, 15) is 13.2 Å². The van der Waals surface area contributed by atoms with Gasteiger partial charge >= 0.3 is 0 Å². The highest BCUT2D eigenvalue weighted by Gasteiger charge is 2.10. The quantitative estimate of drug-likeness (QED) is 0.850. The molecule has 1 heterocycles. The molecule has 0 aliphatic heterocycles. The van der Waals surface area contributed by atoms with Crippen molar-refractivity contribution in [3.05, 3.63) is 35.5 Å². The van der Waals surface area contributed by atoms with Crippen LogP contribution in [0, 0.1) is 13.8 Å². The third kappa shape index (κ3) is 4.29. The van der Waals surface area contributed by atoms with Crippen molar-refractivity contribution in [2.75, 3.05) is 16.3 Å². The van der Waals surface area contributed by atoms with Crippen molar-refractivity contribution < 1.29 is 13.2 Å². The van der Waals surface area contributed by atoms with Crippen molar-refractivity contribution in [1.82, 2.24) is 15.0 Å². The van der Waals surface area contributed by atoms with Crippen LogP contribution in [0.4, 0.5) is 11.5 Å². The maximum Gasteiger partial charge on any atom is 0.246 e. The summed E-state index contributed by atoms with van der Waals surface area (Å²) in [6, 6.07) is 5.64. The van der Waals surface area contributed by atoms with E-state index in [0.29, 0.717) is 0 Å². The molecule has 8 nitrogen and oxygen atoms in total. The predicted molar refractivity (Wildman–Crippen MR) is 83.0 cm³/mol. The Balaban J connectivity index is 2.02. The number of anilines is 2. The van der Waals surface area contributed by atoms with Crippen LogP contribution in [-0.4, -0.2) is 35.6 Å². The smallest absolute Gasteiger partial charge is 0.246 e. The number of aryl methyl sites for hydroxylation is 1. The van der Waals surface area contributed by atoms with Gasteiger partial charge in [-0.3, -0.25) is 9.52 Å². The fourth-order valence-corrected chi connectivity index (χ4v) is 2.31. The number of sulfonamides is 1. The van der Waals surface area contributed by atoms with Crippen LogP contribution in [0.2, 0.25) is 0 Å². The van der Waals surface area contributed by atoms with Crippen LogP contribution in [0.15, 0.2) is 24.4 Å². The Hall–Kier alpha value is -2.42. The van der Waals surface area contributed by atoms with Crippen LogP contribution in [0.1, 0.15) is 11.1 Å². The number of aromatic nitrogens is 3. The van der Waals surface area contributed by atoms with E-state index in [0.717, 1.165) is 23.1 Å². The third-order valence-corrected chi connectivity index (χ3v) is 3.59. The van der Waals surface area contributed by atoms with Gasteiger partial charge < -0.3 is 5.32 Å². The molecule has 0 fully saturated rings. The second-order valence-electron chi connectivity index (χ2n) is 4.97. The van der Waals surface area contributed by atoms with Gasteiger partial charge in [0.15, 0.2) is 5.82 Å². The lowest BCUT2D eigenvalue weighted by Gasteiger charge is -2.10. The molecule has 0 spiro atoms. The number of nitrogens with zero attached hydrogens (tertiary/aromatic N) is 3. The summed E-state index contributed by atoms with van der Waals surface area (Å²) in [7, 11) is -3.42. The Labute approximate surface area is 128 Å². The maximum atomic E-state index is 12.0. The minimum atomic E-state index is -3.42.